The van der Waals surface area contributed by atoms with Gasteiger partial charge in [0.2, 0.25) is 0 Å². The van der Waals surface area contributed by atoms with Crippen LogP contribution in [0.5, 0.6) is 0 Å². The summed E-state index contributed by atoms with van der Waals surface area (Å²) in [7, 11) is -0.121. The van der Waals surface area contributed by atoms with Crippen LogP contribution in [0.2, 0.25) is 0 Å². The number of hydrogen-bond acceptors (Lipinski definition) is 2. The second kappa shape index (κ2) is 6.92. The lowest BCUT2D eigenvalue weighted by molar-refractivity contribution is 0.142. The van der Waals surface area contributed by atoms with E-state index in [2.05, 4.69) is 18.2 Å². The molecular weight excluding hydrogens is 199 g/mol. The largest absolute Gasteiger partial charge is 0.486 e. The summed E-state index contributed by atoms with van der Waals surface area (Å²) in [5, 5.41) is 0. The standard InChI is InChI=1S/C13H21BO2/c1-2-7-13(8-3-1)9-4-5-10-14-15-11-6-12-16-14/h4-5,9-10,13H,1-3,6-8,11-12H2/b9-4+,10-5+. The molecule has 0 bridgehead atoms. The van der Waals surface area contributed by atoms with Gasteiger partial charge in [0, 0.05) is 13.2 Å². The topological polar surface area (TPSA) is 18.5 Å². The van der Waals surface area contributed by atoms with E-state index >= 15 is 0 Å². The SMILES string of the molecule is C(/C=C/C1CCCCC1)=C\B1OCCCO1. The first-order chi connectivity index (χ1) is 7.95. The van der Waals surface area contributed by atoms with E-state index in [1.165, 1.54) is 32.1 Å². The van der Waals surface area contributed by atoms with Crippen LogP contribution in [0, 0.1) is 5.92 Å². The third-order valence-electron chi connectivity index (χ3n) is 3.27. The maximum Gasteiger partial charge on any atom is 0.486 e. The third kappa shape index (κ3) is 4.15. The average Bonchev–Trinajstić information content (AvgIpc) is 2.37. The van der Waals surface area contributed by atoms with E-state index < -0.39 is 0 Å². The Labute approximate surface area is 98.8 Å². The molecule has 2 nitrogen and oxygen atoms in total. The lowest BCUT2D eigenvalue weighted by Crippen LogP contribution is -2.27. The summed E-state index contributed by atoms with van der Waals surface area (Å²) in [6.45, 7) is 1.64. The van der Waals surface area contributed by atoms with Gasteiger partial charge in [-0.2, -0.15) is 0 Å². The van der Waals surface area contributed by atoms with Crippen molar-refractivity contribution in [3.05, 3.63) is 24.2 Å². The molecule has 0 aromatic heterocycles. The molecule has 2 aliphatic rings. The van der Waals surface area contributed by atoms with Crippen molar-refractivity contribution in [1.29, 1.82) is 0 Å². The van der Waals surface area contributed by atoms with Gasteiger partial charge in [-0.05, 0) is 25.2 Å². The molecule has 0 radical (unpaired) electrons. The maximum atomic E-state index is 5.43. The van der Waals surface area contributed by atoms with E-state index in [9.17, 15) is 0 Å². The molecule has 0 aromatic carbocycles. The van der Waals surface area contributed by atoms with Gasteiger partial charge in [-0.15, -0.1) is 0 Å². The second-order valence-corrected chi connectivity index (χ2v) is 4.63. The molecule has 0 spiro atoms. The fourth-order valence-electron chi connectivity index (χ4n) is 2.32. The number of rotatable bonds is 3. The second-order valence-electron chi connectivity index (χ2n) is 4.63. The Hall–Kier alpha value is -0.535. The molecule has 16 heavy (non-hydrogen) atoms. The maximum absolute atomic E-state index is 5.43. The summed E-state index contributed by atoms with van der Waals surface area (Å²) in [6, 6.07) is 0. The van der Waals surface area contributed by atoms with Crippen molar-refractivity contribution in [2.75, 3.05) is 13.2 Å². The molecular formula is C13H21BO2. The molecule has 2 rings (SSSR count). The molecule has 0 atom stereocenters. The normalized spacial score (nSPS) is 24.6. The van der Waals surface area contributed by atoms with E-state index in [0.717, 1.165) is 25.6 Å². The van der Waals surface area contributed by atoms with Crippen molar-refractivity contribution < 1.29 is 9.31 Å². The van der Waals surface area contributed by atoms with Gasteiger partial charge in [0.25, 0.3) is 0 Å². The van der Waals surface area contributed by atoms with Crippen LogP contribution in [-0.4, -0.2) is 20.3 Å². The van der Waals surface area contributed by atoms with Crippen LogP contribution in [0.15, 0.2) is 24.2 Å². The van der Waals surface area contributed by atoms with Crippen LogP contribution in [0.1, 0.15) is 38.5 Å². The van der Waals surface area contributed by atoms with Crippen molar-refractivity contribution in [2.45, 2.75) is 38.5 Å². The van der Waals surface area contributed by atoms with Crippen molar-refractivity contribution in [1.82, 2.24) is 0 Å². The zero-order chi connectivity index (χ0) is 11.1. The predicted octanol–water partition coefficient (Wildman–Crippen LogP) is 3.14. The van der Waals surface area contributed by atoms with Crippen LogP contribution in [-0.2, 0) is 9.31 Å². The van der Waals surface area contributed by atoms with Gasteiger partial charge in [-0.1, -0.05) is 43.5 Å². The zero-order valence-corrected chi connectivity index (χ0v) is 9.94. The monoisotopic (exact) mass is 220 g/mol. The summed E-state index contributed by atoms with van der Waals surface area (Å²) < 4.78 is 10.9. The van der Waals surface area contributed by atoms with Crippen molar-refractivity contribution in [3.8, 4) is 0 Å². The Balaban J connectivity index is 1.68. The van der Waals surface area contributed by atoms with Crippen LogP contribution in [0.3, 0.4) is 0 Å². The van der Waals surface area contributed by atoms with Gasteiger partial charge < -0.3 is 9.31 Å². The van der Waals surface area contributed by atoms with Crippen molar-refractivity contribution in [2.24, 2.45) is 5.92 Å². The first-order valence-electron chi connectivity index (χ1n) is 6.53. The third-order valence-corrected chi connectivity index (χ3v) is 3.27. The Kier molecular flexibility index (Phi) is 5.16. The number of hydrogen-bond donors (Lipinski definition) is 0. The molecule has 0 N–H and O–H groups in total. The number of allylic oxidation sites excluding steroid dienone is 3. The molecule has 1 saturated carbocycles. The molecule has 3 heteroatoms. The summed E-state index contributed by atoms with van der Waals surface area (Å²) in [5.41, 5.74) is 0. The minimum atomic E-state index is -0.121. The fraction of sp³-hybridized carbons (Fsp3) is 0.692. The Morgan fingerprint density at radius 2 is 1.62 bits per heavy atom. The van der Waals surface area contributed by atoms with E-state index in [1.807, 2.05) is 5.98 Å². The summed E-state index contributed by atoms with van der Waals surface area (Å²) >= 11 is 0. The fourth-order valence-corrected chi connectivity index (χ4v) is 2.32. The molecule has 1 heterocycles. The Bertz CT molecular complexity index is 212. The van der Waals surface area contributed by atoms with Gasteiger partial charge in [-0.25, -0.2) is 0 Å². The van der Waals surface area contributed by atoms with E-state index in [4.69, 9.17) is 9.31 Å². The molecule has 0 aromatic rings. The van der Waals surface area contributed by atoms with Crippen LogP contribution in [0.25, 0.3) is 0 Å². The van der Waals surface area contributed by atoms with E-state index in [0.29, 0.717) is 0 Å². The highest BCUT2D eigenvalue weighted by atomic mass is 16.6. The Morgan fingerprint density at radius 3 is 2.38 bits per heavy atom. The molecule has 1 saturated heterocycles. The predicted molar refractivity (Wildman–Crippen MR) is 67.1 cm³/mol. The van der Waals surface area contributed by atoms with Gasteiger partial charge in [0.05, 0.1) is 0 Å². The Morgan fingerprint density at radius 1 is 0.875 bits per heavy atom. The average molecular weight is 220 g/mol. The first-order valence-corrected chi connectivity index (χ1v) is 6.53. The van der Waals surface area contributed by atoms with Crippen molar-refractivity contribution >= 4 is 7.12 Å². The van der Waals surface area contributed by atoms with Crippen molar-refractivity contribution in [3.63, 3.8) is 0 Å². The van der Waals surface area contributed by atoms with Gasteiger partial charge in [0.1, 0.15) is 0 Å². The van der Waals surface area contributed by atoms with E-state index in [-0.39, 0.29) is 7.12 Å². The van der Waals surface area contributed by atoms with Gasteiger partial charge in [-0.3, -0.25) is 0 Å². The summed E-state index contributed by atoms with van der Waals surface area (Å²) in [6.07, 6.45) is 14.5. The highest BCUT2D eigenvalue weighted by molar-refractivity contribution is 6.50. The summed E-state index contributed by atoms with van der Waals surface area (Å²) in [4.78, 5) is 0. The molecule has 0 amide bonds. The minimum Gasteiger partial charge on any atom is -0.408 e. The lowest BCUT2D eigenvalue weighted by atomic mass is 9.87. The summed E-state index contributed by atoms with van der Waals surface area (Å²) in [5.74, 6) is 2.80. The van der Waals surface area contributed by atoms with Gasteiger partial charge >= 0.3 is 7.12 Å². The molecule has 0 unspecified atom stereocenters. The zero-order valence-electron chi connectivity index (χ0n) is 9.94. The molecule has 1 aliphatic carbocycles. The quantitative estimate of drug-likeness (QED) is 0.537. The lowest BCUT2D eigenvalue weighted by Gasteiger charge is -2.17. The molecule has 2 fully saturated rings. The highest BCUT2D eigenvalue weighted by Crippen LogP contribution is 2.24. The van der Waals surface area contributed by atoms with Gasteiger partial charge in [0.15, 0.2) is 0 Å². The molecule has 1 aliphatic heterocycles. The van der Waals surface area contributed by atoms with E-state index in [1.54, 1.807) is 0 Å². The van der Waals surface area contributed by atoms with Crippen LogP contribution in [0.4, 0.5) is 0 Å². The highest BCUT2D eigenvalue weighted by Gasteiger charge is 2.17. The van der Waals surface area contributed by atoms with Crippen LogP contribution < -0.4 is 0 Å². The van der Waals surface area contributed by atoms with Crippen LogP contribution >= 0.6 is 0 Å². The smallest absolute Gasteiger partial charge is 0.408 e. The first kappa shape index (κ1) is 11.9. The minimum absolute atomic E-state index is 0.121. The molecule has 88 valence electrons.